The van der Waals surface area contributed by atoms with Crippen molar-refractivity contribution in [3.63, 3.8) is 0 Å². The van der Waals surface area contributed by atoms with Crippen LogP contribution in [0.25, 0.3) is 0 Å². The highest BCUT2D eigenvalue weighted by atomic mass is 16.5. The molecule has 0 amide bonds. The van der Waals surface area contributed by atoms with Crippen LogP contribution in [-0.4, -0.2) is 31.3 Å². The maximum atomic E-state index is 9.83. The zero-order valence-corrected chi connectivity index (χ0v) is 14.8. The lowest BCUT2D eigenvalue weighted by molar-refractivity contribution is 0.373. The summed E-state index contributed by atoms with van der Waals surface area (Å²) in [5, 5.41) is 16.5. The highest BCUT2D eigenvalue weighted by molar-refractivity contribution is 5.79. The van der Waals surface area contributed by atoms with Crippen LogP contribution in [0.5, 0.6) is 11.5 Å². The number of phenolic OH excluding ortho intramolecular Hbond substituents is 1. The molecule has 24 heavy (non-hydrogen) atoms. The lowest BCUT2D eigenvalue weighted by Crippen LogP contribution is -2.37. The standard InChI is InChI=1S/C19H29N3O2/c1-3-20-19(21-12-11-15-7-5-4-6-8-15)22-14-16-9-10-18(24-2)17(23)13-16/h7,9-10,13,23H,3-6,8,11-12,14H2,1-2H3,(H2,20,21,22). The van der Waals surface area contributed by atoms with E-state index in [2.05, 4.69) is 28.6 Å². The molecule has 2 rings (SSSR count). The van der Waals surface area contributed by atoms with E-state index >= 15 is 0 Å². The van der Waals surface area contributed by atoms with Gasteiger partial charge in [0.1, 0.15) is 0 Å². The maximum absolute atomic E-state index is 9.83. The van der Waals surface area contributed by atoms with Crippen molar-refractivity contribution in [1.82, 2.24) is 10.6 Å². The number of ether oxygens (including phenoxy) is 1. The Morgan fingerprint density at radius 3 is 2.83 bits per heavy atom. The molecule has 0 fully saturated rings. The van der Waals surface area contributed by atoms with Crippen LogP contribution in [0, 0.1) is 0 Å². The molecule has 0 radical (unpaired) electrons. The molecule has 3 N–H and O–H groups in total. The third kappa shape index (κ3) is 5.80. The highest BCUT2D eigenvalue weighted by Gasteiger charge is 2.05. The molecule has 0 atom stereocenters. The van der Waals surface area contributed by atoms with Crippen molar-refractivity contribution >= 4 is 5.96 Å². The van der Waals surface area contributed by atoms with E-state index in [4.69, 9.17) is 4.74 Å². The quantitative estimate of drug-likeness (QED) is 0.407. The van der Waals surface area contributed by atoms with Gasteiger partial charge in [0.15, 0.2) is 17.5 Å². The number of aliphatic imine (C=N–C) groups is 1. The number of guanidine groups is 1. The van der Waals surface area contributed by atoms with Crippen LogP contribution in [0.15, 0.2) is 34.8 Å². The van der Waals surface area contributed by atoms with Gasteiger partial charge in [-0.25, -0.2) is 4.99 Å². The van der Waals surface area contributed by atoms with Gasteiger partial charge in [-0.3, -0.25) is 0 Å². The largest absolute Gasteiger partial charge is 0.504 e. The number of rotatable bonds is 7. The van der Waals surface area contributed by atoms with Gasteiger partial charge in [0, 0.05) is 13.1 Å². The van der Waals surface area contributed by atoms with Gasteiger partial charge in [-0.1, -0.05) is 17.7 Å². The molecule has 1 aliphatic rings. The fourth-order valence-electron chi connectivity index (χ4n) is 2.82. The monoisotopic (exact) mass is 331 g/mol. The molecular weight excluding hydrogens is 302 g/mol. The first-order valence-electron chi connectivity index (χ1n) is 8.79. The Labute approximate surface area is 144 Å². The van der Waals surface area contributed by atoms with Gasteiger partial charge in [0.2, 0.25) is 0 Å². The molecule has 1 aromatic rings. The number of allylic oxidation sites excluding steroid dienone is 1. The van der Waals surface area contributed by atoms with Crippen molar-refractivity contribution in [1.29, 1.82) is 0 Å². The van der Waals surface area contributed by atoms with Gasteiger partial charge in [-0.05, 0) is 56.7 Å². The minimum atomic E-state index is 0.146. The normalized spacial score (nSPS) is 14.9. The van der Waals surface area contributed by atoms with Crippen molar-refractivity contribution in [3.05, 3.63) is 35.4 Å². The van der Waals surface area contributed by atoms with Crippen molar-refractivity contribution in [2.24, 2.45) is 4.99 Å². The van der Waals surface area contributed by atoms with Crippen LogP contribution in [0.4, 0.5) is 0 Å². The van der Waals surface area contributed by atoms with Crippen molar-refractivity contribution in [2.75, 3.05) is 20.2 Å². The molecule has 5 nitrogen and oxygen atoms in total. The summed E-state index contributed by atoms with van der Waals surface area (Å²) in [4.78, 5) is 4.59. The highest BCUT2D eigenvalue weighted by Crippen LogP contribution is 2.26. The SMILES string of the molecule is CCNC(=NCc1ccc(OC)c(O)c1)NCCC1=CCCCC1. The van der Waals surface area contributed by atoms with Crippen LogP contribution < -0.4 is 15.4 Å². The third-order valence-corrected chi connectivity index (χ3v) is 4.13. The van der Waals surface area contributed by atoms with Crippen molar-refractivity contribution in [2.45, 2.75) is 45.6 Å². The summed E-state index contributed by atoms with van der Waals surface area (Å²) in [6.07, 6.45) is 8.57. The van der Waals surface area contributed by atoms with Gasteiger partial charge in [-0.15, -0.1) is 0 Å². The molecule has 0 unspecified atom stereocenters. The molecule has 0 bridgehead atoms. The van der Waals surface area contributed by atoms with E-state index < -0.39 is 0 Å². The first-order chi connectivity index (χ1) is 11.7. The second kappa shape index (κ2) is 9.85. The number of benzene rings is 1. The third-order valence-electron chi connectivity index (χ3n) is 4.13. The fourth-order valence-corrected chi connectivity index (χ4v) is 2.82. The van der Waals surface area contributed by atoms with Gasteiger partial charge >= 0.3 is 0 Å². The summed E-state index contributed by atoms with van der Waals surface area (Å²) in [5.74, 6) is 1.44. The number of methoxy groups -OCH3 is 1. The second-order valence-electron chi connectivity index (χ2n) is 5.99. The fraction of sp³-hybridized carbons (Fsp3) is 0.526. The van der Waals surface area contributed by atoms with Crippen molar-refractivity contribution in [3.8, 4) is 11.5 Å². The summed E-state index contributed by atoms with van der Waals surface area (Å²) < 4.78 is 5.06. The lowest BCUT2D eigenvalue weighted by Gasteiger charge is -2.15. The van der Waals surface area contributed by atoms with E-state index in [1.54, 1.807) is 24.8 Å². The number of nitrogens with one attached hydrogen (secondary N) is 2. The van der Waals surface area contributed by atoms with Crippen LogP contribution in [0.2, 0.25) is 0 Å². The Hall–Kier alpha value is -2.17. The Kier molecular flexibility index (Phi) is 7.46. The molecule has 1 aromatic carbocycles. The van der Waals surface area contributed by atoms with Crippen LogP contribution >= 0.6 is 0 Å². The zero-order chi connectivity index (χ0) is 17.2. The first-order valence-corrected chi connectivity index (χ1v) is 8.79. The first kappa shape index (κ1) is 18.2. The van der Waals surface area contributed by atoms with E-state index in [0.29, 0.717) is 12.3 Å². The van der Waals surface area contributed by atoms with Gasteiger partial charge < -0.3 is 20.5 Å². The second-order valence-corrected chi connectivity index (χ2v) is 5.99. The molecule has 0 saturated carbocycles. The predicted molar refractivity (Wildman–Crippen MR) is 98.6 cm³/mol. The minimum absolute atomic E-state index is 0.146. The number of hydrogen-bond acceptors (Lipinski definition) is 3. The van der Waals surface area contributed by atoms with E-state index in [9.17, 15) is 5.11 Å². The molecule has 0 aromatic heterocycles. The minimum Gasteiger partial charge on any atom is -0.504 e. The Bertz CT molecular complexity index is 582. The maximum Gasteiger partial charge on any atom is 0.191 e. The van der Waals surface area contributed by atoms with E-state index in [-0.39, 0.29) is 5.75 Å². The molecule has 0 spiro atoms. The summed E-state index contributed by atoms with van der Waals surface area (Å²) >= 11 is 0. The summed E-state index contributed by atoms with van der Waals surface area (Å²) in [6, 6.07) is 5.37. The average Bonchev–Trinajstić information content (AvgIpc) is 2.60. The number of aromatic hydroxyl groups is 1. The molecule has 0 heterocycles. The molecule has 0 aliphatic heterocycles. The van der Waals surface area contributed by atoms with E-state index in [1.807, 2.05) is 6.07 Å². The van der Waals surface area contributed by atoms with Crippen LogP contribution in [-0.2, 0) is 6.54 Å². The lowest BCUT2D eigenvalue weighted by atomic mass is 9.97. The van der Waals surface area contributed by atoms with Gasteiger partial charge in [-0.2, -0.15) is 0 Å². The number of nitrogens with zero attached hydrogens (tertiary/aromatic N) is 1. The molecule has 5 heteroatoms. The number of phenols is 1. The Morgan fingerprint density at radius 2 is 2.17 bits per heavy atom. The van der Waals surface area contributed by atoms with Gasteiger partial charge in [0.25, 0.3) is 0 Å². The van der Waals surface area contributed by atoms with E-state index in [1.165, 1.54) is 25.7 Å². The predicted octanol–water partition coefficient (Wildman–Crippen LogP) is 3.35. The zero-order valence-electron chi connectivity index (χ0n) is 14.8. The van der Waals surface area contributed by atoms with Gasteiger partial charge in [0.05, 0.1) is 13.7 Å². The summed E-state index contributed by atoms with van der Waals surface area (Å²) in [5.41, 5.74) is 2.50. The van der Waals surface area contributed by atoms with E-state index in [0.717, 1.165) is 31.0 Å². The van der Waals surface area contributed by atoms with Crippen LogP contribution in [0.3, 0.4) is 0 Å². The summed E-state index contributed by atoms with van der Waals surface area (Å²) in [7, 11) is 1.54. The molecular formula is C19H29N3O2. The average molecular weight is 331 g/mol. The van der Waals surface area contributed by atoms with Crippen molar-refractivity contribution < 1.29 is 9.84 Å². The molecule has 132 valence electrons. The Morgan fingerprint density at radius 1 is 1.29 bits per heavy atom. The molecule has 1 aliphatic carbocycles. The summed E-state index contributed by atoms with van der Waals surface area (Å²) in [6.45, 7) is 4.28. The van der Waals surface area contributed by atoms with Crippen LogP contribution in [0.1, 0.15) is 44.6 Å². The molecule has 0 saturated heterocycles. The smallest absolute Gasteiger partial charge is 0.191 e. The number of hydrogen-bond donors (Lipinski definition) is 3. The topological polar surface area (TPSA) is 65.9 Å². The Balaban J connectivity index is 1.87.